The molecule has 0 bridgehead atoms. The molecular formula is C13H23NOSi. The second-order valence-electron chi connectivity index (χ2n) is 5.90. The summed E-state index contributed by atoms with van der Waals surface area (Å²) < 4.78 is 6.17. The van der Waals surface area contributed by atoms with E-state index in [2.05, 4.69) is 33.9 Å². The van der Waals surface area contributed by atoms with E-state index in [1.54, 1.807) is 0 Å². The molecule has 0 amide bonds. The zero-order chi connectivity index (χ0) is 12.6. The normalized spacial score (nSPS) is 12.6. The Kier molecular flexibility index (Phi) is 3.38. The van der Waals surface area contributed by atoms with Crippen molar-refractivity contribution >= 4 is 14.0 Å². The van der Waals surface area contributed by atoms with Gasteiger partial charge >= 0.3 is 0 Å². The molecule has 0 fully saturated rings. The highest BCUT2D eigenvalue weighted by Gasteiger charge is 2.39. The lowest BCUT2D eigenvalue weighted by Crippen LogP contribution is -2.44. The van der Waals surface area contributed by atoms with Gasteiger partial charge in [0.15, 0.2) is 0 Å². The molecule has 90 valence electrons. The smallest absolute Gasteiger partial charge is 0.250 e. The molecule has 0 atom stereocenters. The highest BCUT2D eigenvalue weighted by molar-refractivity contribution is 6.74. The first-order valence-electron chi connectivity index (χ1n) is 5.68. The van der Waals surface area contributed by atoms with Crippen LogP contribution in [0.3, 0.4) is 0 Å². The molecule has 0 saturated heterocycles. The van der Waals surface area contributed by atoms with E-state index in [1.807, 2.05) is 25.1 Å². The average Bonchev–Trinajstić information content (AvgIpc) is 2.08. The molecule has 0 saturated carbocycles. The minimum Gasteiger partial charge on any atom is -0.542 e. The Morgan fingerprint density at radius 2 is 1.75 bits per heavy atom. The van der Waals surface area contributed by atoms with Gasteiger partial charge in [0.2, 0.25) is 0 Å². The van der Waals surface area contributed by atoms with Crippen LogP contribution in [0.15, 0.2) is 18.2 Å². The van der Waals surface area contributed by atoms with Gasteiger partial charge in [-0.05, 0) is 42.8 Å². The van der Waals surface area contributed by atoms with Crippen LogP contribution >= 0.6 is 0 Å². The molecule has 1 aromatic rings. The van der Waals surface area contributed by atoms with Gasteiger partial charge in [0.1, 0.15) is 5.75 Å². The van der Waals surface area contributed by atoms with Crippen LogP contribution in [0.2, 0.25) is 18.1 Å². The lowest BCUT2D eigenvalue weighted by Gasteiger charge is -2.36. The van der Waals surface area contributed by atoms with Gasteiger partial charge in [-0.15, -0.1) is 0 Å². The molecule has 0 aromatic heterocycles. The fourth-order valence-corrected chi connectivity index (χ4v) is 2.23. The molecular weight excluding hydrogens is 214 g/mol. The van der Waals surface area contributed by atoms with Crippen LogP contribution in [0.4, 0.5) is 5.69 Å². The van der Waals surface area contributed by atoms with Crippen molar-refractivity contribution in [3.63, 3.8) is 0 Å². The number of hydrogen-bond donors (Lipinski definition) is 1. The number of nitrogen functional groups attached to an aromatic ring is 1. The summed E-state index contributed by atoms with van der Waals surface area (Å²) in [5, 5.41) is 0.199. The van der Waals surface area contributed by atoms with Gasteiger partial charge in [-0.25, -0.2) is 0 Å². The number of nitrogens with two attached hydrogens (primary N) is 1. The Morgan fingerprint density at radius 1 is 1.19 bits per heavy atom. The third kappa shape index (κ3) is 2.79. The van der Waals surface area contributed by atoms with E-state index < -0.39 is 8.32 Å². The van der Waals surface area contributed by atoms with E-state index in [-0.39, 0.29) is 5.04 Å². The minimum atomic E-state index is -1.77. The number of rotatable bonds is 2. The SMILES string of the molecule is Cc1ccc(O[Si](C)(C)C(C)(C)C)c(N)c1. The Hall–Kier alpha value is -0.963. The monoisotopic (exact) mass is 237 g/mol. The molecule has 0 aliphatic heterocycles. The van der Waals surface area contributed by atoms with Gasteiger partial charge in [0.25, 0.3) is 8.32 Å². The number of hydrogen-bond acceptors (Lipinski definition) is 2. The van der Waals surface area contributed by atoms with Crippen LogP contribution in [0.1, 0.15) is 26.3 Å². The molecule has 1 rings (SSSR count). The molecule has 1 aromatic carbocycles. The van der Waals surface area contributed by atoms with Crippen LogP contribution in [-0.2, 0) is 0 Å². The van der Waals surface area contributed by atoms with Crippen LogP contribution in [0, 0.1) is 6.92 Å². The van der Waals surface area contributed by atoms with E-state index >= 15 is 0 Å². The zero-order valence-corrected chi connectivity index (χ0v) is 12.2. The number of benzene rings is 1. The van der Waals surface area contributed by atoms with Gasteiger partial charge in [-0.1, -0.05) is 26.8 Å². The van der Waals surface area contributed by atoms with E-state index in [9.17, 15) is 0 Å². The first kappa shape index (κ1) is 13.1. The van der Waals surface area contributed by atoms with Crippen LogP contribution in [0.5, 0.6) is 5.75 Å². The van der Waals surface area contributed by atoms with Crippen LogP contribution < -0.4 is 10.2 Å². The third-order valence-electron chi connectivity index (χ3n) is 3.34. The number of aryl methyl sites for hydroxylation is 1. The van der Waals surface area contributed by atoms with Crippen molar-refractivity contribution in [2.75, 3.05) is 5.73 Å². The molecule has 0 radical (unpaired) electrons. The summed E-state index contributed by atoms with van der Waals surface area (Å²) in [6, 6.07) is 5.98. The molecule has 0 heterocycles. The Morgan fingerprint density at radius 3 is 2.19 bits per heavy atom. The average molecular weight is 237 g/mol. The largest absolute Gasteiger partial charge is 0.542 e. The lowest BCUT2D eigenvalue weighted by atomic mass is 10.2. The van der Waals surface area contributed by atoms with Gasteiger partial charge in [-0.3, -0.25) is 0 Å². The summed E-state index contributed by atoms with van der Waals surface area (Å²) >= 11 is 0. The van der Waals surface area contributed by atoms with Crippen molar-refractivity contribution in [2.24, 2.45) is 0 Å². The Balaban J connectivity index is 2.97. The first-order chi connectivity index (χ1) is 7.13. The molecule has 16 heavy (non-hydrogen) atoms. The van der Waals surface area contributed by atoms with Crippen molar-refractivity contribution in [1.82, 2.24) is 0 Å². The van der Waals surface area contributed by atoms with Crippen molar-refractivity contribution in [3.05, 3.63) is 23.8 Å². The molecule has 0 unspecified atom stereocenters. The lowest BCUT2D eigenvalue weighted by molar-refractivity contribution is 0.494. The van der Waals surface area contributed by atoms with Crippen molar-refractivity contribution < 1.29 is 4.43 Å². The molecule has 0 spiro atoms. The summed E-state index contributed by atoms with van der Waals surface area (Å²) in [6.45, 7) is 13.2. The van der Waals surface area contributed by atoms with Gasteiger partial charge < -0.3 is 10.2 Å². The van der Waals surface area contributed by atoms with Gasteiger partial charge in [0.05, 0.1) is 5.69 Å². The first-order valence-corrected chi connectivity index (χ1v) is 8.59. The van der Waals surface area contributed by atoms with Crippen molar-refractivity contribution in [3.8, 4) is 5.75 Å². The summed E-state index contributed by atoms with van der Waals surface area (Å²) in [4.78, 5) is 0. The molecule has 0 aliphatic rings. The van der Waals surface area contributed by atoms with E-state index in [1.165, 1.54) is 5.56 Å². The standard InChI is InChI=1S/C13H23NOSi/c1-10-7-8-12(11(14)9-10)15-16(5,6)13(2,3)4/h7-9H,14H2,1-6H3. The highest BCUT2D eigenvalue weighted by Crippen LogP contribution is 2.38. The summed E-state index contributed by atoms with van der Waals surface area (Å²) in [5.41, 5.74) is 7.88. The summed E-state index contributed by atoms with van der Waals surface area (Å²) in [6.07, 6.45) is 0. The third-order valence-corrected chi connectivity index (χ3v) is 7.68. The number of anilines is 1. The zero-order valence-electron chi connectivity index (χ0n) is 11.2. The van der Waals surface area contributed by atoms with Crippen LogP contribution in [-0.4, -0.2) is 8.32 Å². The summed E-state index contributed by atoms with van der Waals surface area (Å²) in [5.74, 6) is 0.831. The maximum Gasteiger partial charge on any atom is 0.250 e. The second kappa shape index (κ2) is 4.13. The van der Waals surface area contributed by atoms with Gasteiger partial charge in [0, 0.05) is 0 Å². The van der Waals surface area contributed by atoms with E-state index in [0.29, 0.717) is 0 Å². The topological polar surface area (TPSA) is 35.2 Å². The quantitative estimate of drug-likeness (QED) is 0.624. The predicted molar refractivity (Wildman–Crippen MR) is 73.4 cm³/mol. The molecule has 2 nitrogen and oxygen atoms in total. The molecule has 2 N–H and O–H groups in total. The van der Waals surface area contributed by atoms with E-state index in [4.69, 9.17) is 10.2 Å². The van der Waals surface area contributed by atoms with Gasteiger partial charge in [-0.2, -0.15) is 0 Å². The minimum absolute atomic E-state index is 0.199. The van der Waals surface area contributed by atoms with Crippen molar-refractivity contribution in [1.29, 1.82) is 0 Å². The fourth-order valence-electron chi connectivity index (χ4n) is 1.19. The van der Waals surface area contributed by atoms with Crippen LogP contribution in [0.25, 0.3) is 0 Å². The van der Waals surface area contributed by atoms with E-state index in [0.717, 1.165) is 11.4 Å². The predicted octanol–water partition coefficient (Wildman–Crippen LogP) is 3.96. The molecule has 0 aliphatic carbocycles. The van der Waals surface area contributed by atoms with Crippen molar-refractivity contribution in [2.45, 2.75) is 45.8 Å². The highest BCUT2D eigenvalue weighted by atomic mass is 28.4. The Labute approximate surface area is 99.9 Å². The fraction of sp³-hybridized carbons (Fsp3) is 0.538. The summed E-state index contributed by atoms with van der Waals surface area (Å²) in [7, 11) is -1.77. The Bertz CT molecular complexity index is 380. The maximum absolute atomic E-state index is 6.17. The molecule has 3 heteroatoms. The maximum atomic E-state index is 6.17. The second-order valence-corrected chi connectivity index (χ2v) is 10.6.